The van der Waals surface area contributed by atoms with Crippen LogP contribution in [0.2, 0.25) is 5.02 Å². The van der Waals surface area contributed by atoms with E-state index in [-0.39, 0.29) is 24.0 Å². The lowest BCUT2D eigenvalue weighted by atomic mass is 10.2. The van der Waals surface area contributed by atoms with Gasteiger partial charge in [0.1, 0.15) is 12.4 Å². The molecule has 2 aromatic carbocycles. The van der Waals surface area contributed by atoms with Crippen molar-refractivity contribution in [3.05, 3.63) is 64.7 Å². The molecule has 142 valence electrons. The summed E-state index contributed by atoms with van der Waals surface area (Å²) < 4.78 is 10.5. The average Bonchev–Trinajstić information content (AvgIpc) is 2.63. The van der Waals surface area contributed by atoms with Crippen molar-refractivity contribution in [3.63, 3.8) is 0 Å². The van der Waals surface area contributed by atoms with Crippen molar-refractivity contribution >= 4 is 41.5 Å². The van der Waals surface area contributed by atoms with E-state index in [9.17, 15) is 0 Å². The van der Waals surface area contributed by atoms with Gasteiger partial charge in [0, 0.05) is 32.3 Å². The molecule has 0 fully saturated rings. The number of nitrogens with zero attached hydrogens (tertiary/aromatic N) is 1. The molecule has 0 saturated heterocycles. The molecule has 2 rings (SSSR count). The van der Waals surface area contributed by atoms with Gasteiger partial charge < -0.3 is 20.1 Å². The first-order valence-corrected chi connectivity index (χ1v) is 8.48. The van der Waals surface area contributed by atoms with E-state index in [1.807, 2.05) is 48.5 Å². The molecule has 26 heavy (non-hydrogen) atoms. The quantitative estimate of drug-likeness (QED) is 0.256. The molecular weight excluding hydrogens is 465 g/mol. The van der Waals surface area contributed by atoms with Crippen molar-refractivity contribution in [3.8, 4) is 5.75 Å². The van der Waals surface area contributed by atoms with Crippen LogP contribution in [-0.4, -0.2) is 33.3 Å². The van der Waals surface area contributed by atoms with Gasteiger partial charge in [-0.1, -0.05) is 35.9 Å². The van der Waals surface area contributed by atoms with Gasteiger partial charge in [0.05, 0.1) is 6.61 Å². The topological polar surface area (TPSA) is 54.9 Å². The number of rotatable bonds is 8. The molecule has 5 nitrogen and oxygen atoms in total. The third kappa shape index (κ3) is 8.25. The normalized spacial score (nSPS) is 10.8. The summed E-state index contributed by atoms with van der Waals surface area (Å²) in [5.41, 5.74) is 2.25. The number of guanidine groups is 1. The first-order chi connectivity index (χ1) is 12.2. The highest BCUT2D eigenvalue weighted by atomic mass is 127. The molecule has 2 aromatic rings. The van der Waals surface area contributed by atoms with Crippen LogP contribution in [0.25, 0.3) is 0 Å². The summed E-state index contributed by atoms with van der Waals surface area (Å²) in [5.74, 6) is 1.57. The molecule has 0 saturated carbocycles. The maximum Gasteiger partial charge on any atom is 0.191 e. The Morgan fingerprint density at radius 1 is 1.00 bits per heavy atom. The van der Waals surface area contributed by atoms with Crippen molar-refractivity contribution in [2.24, 2.45) is 4.99 Å². The van der Waals surface area contributed by atoms with Crippen molar-refractivity contribution < 1.29 is 9.47 Å². The molecule has 0 aliphatic rings. The van der Waals surface area contributed by atoms with Crippen LogP contribution < -0.4 is 15.4 Å². The van der Waals surface area contributed by atoms with Crippen LogP contribution in [-0.2, 0) is 17.8 Å². The zero-order valence-electron chi connectivity index (χ0n) is 15.0. The maximum atomic E-state index is 6.00. The van der Waals surface area contributed by atoms with Crippen molar-refractivity contribution in [1.29, 1.82) is 0 Å². The van der Waals surface area contributed by atoms with E-state index in [1.165, 1.54) is 0 Å². The summed E-state index contributed by atoms with van der Waals surface area (Å²) in [7, 11) is 3.41. The van der Waals surface area contributed by atoms with E-state index < -0.39 is 0 Å². The lowest BCUT2D eigenvalue weighted by Crippen LogP contribution is -2.36. The Labute approximate surface area is 177 Å². The highest BCUT2D eigenvalue weighted by Gasteiger charge is 2.01. The molecule has 0 bridgehead atoms. The van der Waals surface area contributed by atoms with Crippen LogP contribution >= 0.6 is 35.6 Å². The summed E-state index contributed by atoms with van der Waals surface area (Å²) >= 11 is 6.00. The van der Waals surface area contributed by atoms with Gasteiger partial charge in [0.25, 0.3) is 0 Å². The summed E-state index contributed by atoms with van der Waals surface area (Å²) in [6.07, 6.45) is 0. The van der Waals surface area contributed by atoms with Gasteiger partial charge in [-0.2, -0.15) is 0 Å². The van der Waals surface area contributed by atoms with Gasteiger partial charge in [-0.25, -0.2) is 0 Å². The van der Waals surface area contributed by atoms with Crippen LogP contribution in [0.4, 0.5) is 0 Å². The van der Waals surface area contributed by atoms with Crippen molar-refractivity contribution in [2.75, 3.05) is 27.4 Å². The Morgan fingerprint density at radius 3 is 2.31 bits per heavy atom. The van der Waals surface area contributed by atoms with Crippen LogP contribution in [0.1, 0.15) is 11.1 Å². The van der Waals surface area contributed by atoms with Crippen LogP contribution in [0.5, 0.6) is 5.75 Å². The van der Waals surface area contributed by atoms with E-state index in [0.29, 0.717) is 26.3 Å². The first-order valence-electron chi connectivity index (χ1n) is 8.11. The second kappa shape index (κ2) is 12.8. The molecule has 0 aliphatic heterocycles. The predicted octanol–water partition coefficient (Wildman–Crippen LogP) is 3.85. The van der Waals surface area contributed by atoms with E-state index >= 15 is 0 Å². The fourth-order valence-electron chi connectivity index (χ4n) is 2.19. The van der Waals surface area contributed by atoms with E-state index in [0.717, 1.165) is 27.9 Å². The number of ether oxygens (including phenoxy) is 2. The second-order valence-corrected chi connectivity index (χ2v) is 5.83. The zero-order chi connectivity index (χ0) is 17.9. The van der Waals surface area contributed by atoms with Gasteiger partial charge in [-0.05, 0) is 35.4 Å². The minimum atomic E-state index is 0. The molecular formula is C19H25ClIN3O2. The van der Waals surface area contributed by atoms with Gasteiger partial charge in [0.2, 0.25) is 0 Å². The van der Waals surface area contributed by atoms with E-state index in [1.54, 1.807) is 14.2 Å². The average molecular weight is 490 g/mol. The molecule has 0 radical (unpaired) electrons. The summed E-state index contributed by atoms with van der Waals surface area (Å²) in [6, 6.07) is 15.7. The van der Waals surface area contributed by atoms with E-state index in [2.05, 4.69) is 15.6 Å². The van der Waals surface area contributed by atoms with Gasteiger partial charge in [-0.15, -0.1) is 24.0 Å². The Morgan fingerprint density at radius 2 is 1.69 bits per heavy atom. The second-order valence-electron chi connectivity index (χ2n) is 5.39. The number of hydrogen-bond donors (Lipinski definition) is 2. The molecule has 0 atom stereocenters. The van der Waals surface area contributed by atoms with Crippen molar-refractivity contribution in [1.82, 2.24) is 10.6 Å². The molecule has 0 aliphatic carbocycles. The van der Waals surface area contributed by atoms with Gasteiger partial charge in [0.15, 0.2) is 5.96 Å². The maximum absolute atomic E-state index is 6.00. The highest BCUT2D eigenvalue weighted by Crippen LogP contribution is 2.12. The lowest BCUT2D eigenvalue weighted by molar-refractivity contribution is 0.146. The smallest absolute Gasteiger partial charge is 0.191 e. The molecule has 7 heteroatoms. The van der Waals surface area contributed by atoms with E-state index in [4.69, 9.17) is 21.1 Å². The van der Waals surface area contributed by atoms with Crippen LogP contribution in [0.15, 0.2) is 53.5 Å². The zero-order valence-corrected chi connectivity index (χ0v) is 18.1. The van der Waals surface area contributed by atoms with Crippen molar-refractivity contribution in [2.45, 2.75) is 13.1 Å². The Hall–Kier alpha value is -1.51. The fourth-order valence-corrected chi connectivity index (χ4v) is 2.40. The lowest BCUT2D eigenvalue weighted by Gasteiger charge is -2.12. The molecule has 0 aromatic heterocycles. The molecule has 0 unspecified atom stereocenters. The minimum Gasteiger partial charge on any atom is -0.491 e. The summed E-state index contributed by atoms with van der Waals surface area (Å²) in [6.45, 7) is 2.46. The molecule has 0 heterocycles. The summed E-state index contributed by atoms with van der Waals surface area (Å²) in [5, 5.41) is 7.29. The Balaban J connectivity index is 0.00000338. The first kappa shape index (κ1) is 22.5. The van der Waals surface area contributed by atoms with Crippen LogP contribution in [0, 0.1) is 0 Å². The third-order valence-electron chi connectivity index (χ3n) is 3.51. The third-order valence-corrected chi connectivity index (χ3v) is 3.75. The minimum absolute atomic E-state index is 0. The van der Waals surface area contributed by atoms with Gasteiger partial charge in [-0.3, -0.25) is 4.99 Å². The number of benzene rings is 2. The molecule has 2 N–H and O–H groups in total. The Kier molecular flexibility index (Phi) is 11.1. The number of aliphatic imine (C=N–C) groups is 1. The largest absolute Gasteiger partial charge is 0.491 e. The standard InChI is InChI=1S/C19H24ClN3O2.HI/c1-21-19(23-14-16-4-3-5-17(20)12-16)22-13-15-6-8-18(9-7-15)25-11-10-24-2;/h3-9,12H,10-11,13-14H2,1-2H3,(H2,21,22,23);1H. The highest BCUT2D eigenvalue weighted by molar-refractivity contribution is 14.0. The number of hydrogen-bond acceptors (Lipinski definition) is 3. The Bertz CT molecular complexity index is 681. The monoisotopic (exact) mass is 489 g/mol. The number of halogens is 2. The predicted molar refractivity (Wildman–Crippen MR) is 118 cm³/mol. The summed E-state index contributed by atoms with van der Waals surface area (Å²) in [4.78, 5) is 4.23. The molecule has 0 spiro atoms. The number of nitrogens with one attached hydrogen (secondary N) is 2. The number of methoxy groups -OCH3 is 1. The van der Waals surface area contributed by atoms with Gasteiger partial charge >= 0.3 is 0 Å². The SMILES string of the molecule is CN=C(NCc1ccc(OCCOC)cc1)NCc1cccc(Cl)c1.I. The fraction of sp³-hybridized carbons (Fsp3) is 0.316. The van der Waals surface area contributed by atoms with Crippen LogP contribution in [0.3, 0.4) is 0 Å². The molecule has 0 amide bonds.